The highest BCUT2D eigenvalue weighted by atomic mass is 35.5. The number of oxazole rings is 1. The maximum absolute atomic E-state index is 12.7. The summed E-state index contributed by atoms with van der Waals surface area (Å²) in [6.07, 6.45) is 2.64. The molecule has 8 nitrogen and oxygen atoms in total. The normalized spacial score (nSPS) is 14.1. The molecule has 1 saturated heterocycles. The Bertz CT molecular complexity index is 1020. The van der Waals surface area contributed by atoms with Gasteiger partial charge in [-0.15, -0.1) is 0 Å². The molecule has 0 unspecified atom stereocenters. The Morgan fingerprint density at radius 2 is 1.93 bits per heavy atom. The summed E-state index contributed by atoms with van der Waals surface area (Å²) in [6.45, 7) is 4.51. The van der Waals surface area contributed by atoms with Crippen molar-refractivity contribution in [1.29, 1.82) is 0 Å². The lowest BCUT2D eigenvalue weighted by Crippen LogP contribution is -2.49. The Hall–Kier alpha value is -3.26. The SMILES string of the molecule is Cc1ccc(Cl)cc1N1CCN(C(=O)c2coc(NC(=O)c3ccco3)n2)CC1. The van der Waals surface area contributed by atoms with Crippen LogP contribution in [0.25, 0.3) is 0 Å². The number of piperazine rings is 1. The summed E-state index contributed by atoms with van der Waals surface area (Å²) in [5.41, 5.74) is 2.36. The van der Waals surface area contributed by atoms with E-state index in [9.17, 15) is 9.59 Å². The molecule has 0 bridgehead atoms. The van der Waals surface area contributed by atoms with E-state index >= 15 is 0 Å². The number of carbonyl (C=O) groups is 2. The second kappa shape index (κ2) is 8.00. The van der Waals surface area contributed by atoms with E-state index in [0.717, 1.165) is 11.3 Å². The van der Waals surface area contributed by atoms with E-state index in [4.69, 9.17) is 20.4 Å². The molecule has 2 amide bonds. The number of anilines is 2. The van der Waals surface area contributed by atoms with Gasteiger partial charge in [0.1, 0.15) is 6.26 Å². The summed E-state index contributed by atoms with van der Waals surface area (Å²) in [5.74, 6) is -0.612. The predicted molar refractivity (Wildman–Crippen MR) is 107 cm³/mol. The first-order valence-electron chi connectivity index (χ1n) is 9.12. The van der Waals surface area contributed by atoms with Crippen molar-refractivity contribution in [2.75, 3.05) is 36.4 Å². The number of benzene rings is 1. The maximum atomic E-state index is 12.7. The first kappa shape index (κ1) is 19.1. The zero-order valence-corrected chi connectivity index (χ0v) is 16.5. The molecular weight excluding hydrogens is 396 g/mol. The summed E-state index contributed by atoms with van der Waals surface area (Å²) in [6, 6.07) is 8.87. The van der Waals surface area contributed by atoms with Gasteiger partial charge in [0.15, 0.2) is 11.5 Å². The lowest BCUT2D eigenvalue weighted by molar-refractivity contribution is 0.0740. The van der Waals surface area contributed by atoms with Crippen molar-refractivity contribution in [1.82, 2.24) is 9.88 Å². The van der Waals surface area contributed by atoms with E-state index < -0.39 is 5.91 Å². The van der Waals surface area contributed by atoms with Gasteiger partial charge in [-0.05, 0) is 36.8 Å². The molecule has 1 N–H and O–H groups in total. The standard InChI is InChI=1S/C20H19ClN4O4/c1-13-4-5-14(21)11-16(13)24-6-8-25(9-7-24)19(27)15-12-29-20(22-15)23-18(26)17-3-2-10-28-17/h2-5,10-12H,6-9H2,1H3,(H,22,23,26). The quantitative estimate of drug-likeness (QED) is 0.703. The Kier molecular flexibility index (Phi) is 5.26. The van der Waals surface area contributed by atoms with Crippen molar-refractivity contribution in [3.05, 3.63) is 64.9 Å². The predicted octanol–water partition coefficient (Wildman–Crippen LogP) is 3.44. The van der Waals surface area contributed by atoms with E-state index in [0.29, 0.717) is 31.2 Å². The van der Waals surface area contributed by atoms with Crippen LogP contribution in [0.1, 0.15) is 26.6 Å². The molecule has 0 radical (unpaired) electrons. The third-order valence-electron chi connectivity index (χ3n) is 4.77. The maximum Gasteiger partial charge on any atom is 0.302 e. The smallest absolute Gasteiger partial charge is 0.302 e. The number of halogens is 1. The second-order valence-electron chi connectivity index (χ2n) is 6.68. The minimum atomic E-state index is -0.499. The van der Waals surface area contributed by atoms with Gasteiger partial charge in [-0.2, -0.15) is 4.98 Å². The highest BCUT2D eigenvalue weighted by Gasteiger charge is 2.25. The third-order valence-corrected chi connectivity index (χ3v) is 5.00. The topological polar surface area (TPSA) is 91.8 Å². The van der Waals surface area contributed by atoms with Crippen molar-refractivity contribution < 1.29 is 18.4 Å². The zero-order chi connectivity index (χ0) is 20.4. The monoisotopic (exact) mass is 414 g/mol. The van der Waals surface area contributed by atoms with Crippen LogP contribution in [0, 0.1) is 6.92 Å². The molecule has 0 saturated carbocycles. The first-order chi connectivity index (χ1) is 14.0. The molecule has 0 spiro atoms. The fourth-order valence-corrected chi connectivity index (χ4v) is 3.40. The lowest BCUT2D eigenvalue weighted by Gasteiger charge is -2.36. The molecule has 150 valence electrons. The van der Waals surface area contributed by atoms with Gasteiger partial charge in [-0.25, -0.2) is 0 Å². The van der Waals surface area contributed by atoms with Crippen LogP contribution < -0.4 is 10.2 Å². The number of hydrogen-bond acceptors (Lipinski definition) is 6. The Morgan fingerprint density at radius 1 is 1.14 bits per heavy atom. The number of rotatable bonds is 4. The molecule has 0 aliphatic carbocycles. The van der Waals surface area contributed by atoms with Gasteiger partial charge in [-0.3, -0.25) is 14.9 Å². The molecule has 29 heavy (non-hydrogen) atoms. The van der Waals surface area contributed by atoms with Gasteiger partial charge < -0.3 is 18.6 Å². The van der Waals surface area contributed by atoms with Gasteiger partial charge in [0.05, 0.1) is 6.26 Å². The molecule has 2 aromatic heterocycles. The van der Waals surface area contributed by atoms with Crippen LogP contribution in [0.2, 0.25) is 5.02 Å². The number of carbonyl (C=O) groups excluding carboxylic acids is 2. The Balaban J connectivity index is 1.37. The van der Waals surface area contributed by atoms with E-state index in [1.165, 1.54) is 18.6 Å². The molecule has 3 heterocycles. The summed E-state index contributed by atoms with van der Waals surface area (Å²) >= 11 is 6.12. The van der Waals surface area contributed by atoms with Crippen LogP contribution in [-0.2, 0) is 0 Å². The minimum Gasteiger partial charge on any atom is -0.459 e. The second-order valence-corrected chi connectivity index (χ2v) is 7.12. The van der Waals surface area contributed by atoms with Gasteiger partial charge in [0.2, 0.25) is 0 Å². The van der Waals surface area contributed by atoms with E-state index in [1.807, 2.05) is 25.1 Å². The van der Waals surface area contributed by atoms with Gasteiger partial charge >= 0.3 is 6.01 Å². The zero-order valence-electron chi connectivity index (χ0n) is 15.7. The minimum absolute atomic E-state index is 0.0528. The summed E-state index contributed by atoms with van der Waals surface area (Å²) in [4.78, 5) is 32.7. The number of aromatic nitrogens is 1. The van der Waals surface area contributed by atoms with E-state index in [1.54, 1.807) is 11.0 Å². The molecule has 1 aliphatic heterocycles. The number of nitrogens with one attached hydrogen (secondary N) is 1. The van der Waals surface area contributed by atoms with Crippen molar-refractivity contribution in [3.63, 3.8) is 0 Å². The number of furan rings is 1. The van der Waals surface area contributed by atoms with Crippen LogP contribution in [0.4, 0.5) is 11.7 Å². The molecule has 1 fully saturated rings. The molecule has 9 heteroatoms. The molecule has 1 aromatic carbocycles. The number of nitrogens with zero attached hydrogens (tertiary/aromatic N) is 3. The molecule has 0 atom stereocenters. The molecule has 1 aliphatic rings. The lowest BCUT2D eigenvalue weighted by atomic mass is 10.1. The van der Waals surface area contributed by atoms with Gasteiger partial charge in [-0.1, -0.05) is 17.7 Å². The highest BCUT2D eigenvalue weighted by molar-refractivity contribution is 6.30. The van der Waals surface area contributed by atoms with E-state index in [-0.39, 0.29) is 23.4 Å². The number of hydrogen-bond donors (Lipinski definition) is 1. The van der Waals surface area contributed by atoms with Crippen molar-refractivity contribution in [2.24, 2.45) is 0 Å². The molecule has 3 aromatic rings. The highest BCUT2D eigenvalue weighted by Crippen LogP contribution is 2.25. The summed E-state index contributed by atoms with van der Waals surface area (Å²) in [5, 5.41) is 3.15. The molecular formula is C20H19ClN4O4. The molecule has 4 rings (SSSR count). The van der Waals surface area contributed by atoms with Crippen molar-refractivity contribution in [3.8, 4) is 0 Å². The van der Waals surface area contributed by atoms with Gasteiger partial charge in [0.25, 0.3) is 11.8 Å². The summed E-state index contributed by atoms with van der Waals surface area (Å²) < 4.78 is 10.2. The van der Waals surface area contributed by atoms with E-state index in [2.05, 4.69) is 15.2 Å². The van der Waals surface area contributed by atoms with Crippen LogP contribution in [-0.4, -0.2) is 47.9 Å². The van der Waals surface area contributed by atoms with Gasteiger partial charge in [0, 0.05) is 36.9 Å². The van der Waals surface area contributed by atoms with Crippen molar-refractivity contribution >= 4 is 35.1 Å². The Morgan fingerprint density at radius 3 is 2.66 bits per heavy atom. The Labute approximate surface area is 172 Å². The fourth-order valence-electron chi connectivity index (χ4n) is 3.23. The fraction of sp³-hybridized carbons (Fsp3) is 0.250. The van der Waals surface area contributed by atoms with Crippen LogP contribution >= 0.6 is 11.6 Å². The number of aryl methyl sites for hydroxylation is 1. The van der Waals surface area contributed by atoms with Crippen molar-refractivity contribution in [2.45, 2.75) is 6.92 Å². The largest absolute Gasteiger partial charge is 0.459 e. The number of amides is 2. The first-order valence-corrected chi connectivity index (χ1v) is 9.50. The van der Waals surface area contributed by atoms with Crippen LogP contribution in [0.15, 0.2) is 51.7 Å². The summed E-state index contributed by atoms with van der Waals surface area (Å²) in [7, 11) is 0. The third kappa shape index (κ3) is 4.12. The van der Waals surface area contributed by atoms with Crippen LogP contribution in [0.5, 0.6) is 0 Å². The van der Waals surface area contributed by atoms with Crippen LogP contribution in [0.3, 0.4) is 0 Å². The average molecular weight is 415 g/mol. The average Bonchev–Trinajstić information content (AvgIpc) is 3.42.